The van der Waals surface area contributed by atoms with Crippen LogP contribution >= 0.6 is 34.4 Å². The molecule has 0 aromatic heterocycles. The maximum atomic E-state index is 11.3. The Balaban J connectivity index is 2.45. The maximum Gasteiger partial charge on any atom is 0.0984 e. The molecule has 0 radical (unpaired) electrons. The smallest absolute Gasteiger partial charge is 0.0984 e. The fraction of sp³-hybridized carbons (Fsp3) is 1.00. The molecule has 0 bridgehead atoms. The zero-order valence-corrected chi connectivity index (χ0v) is 6.97. The minimum absolute atomic E-state index is 0.179. The van der Waals surface area contributed by atoms with Crippen LogP contribution in [0.4, 0.5) is 4.39 Å². The number of alkyl halides is 2. The molecule has 0 aromatic carbocycles. The van der Waals surface area contributed by atoms with Gasteiger partial charge in [-0.15, -0.1) is 0 Å². The molecule has 0 rings (SSSR count). The first-order chi connectivity index (χ1) is 3.41. The van der Waals surface area contributed by atoms with Gasteiger partial charge in [0.05, 0.1) is 6.67 Å². The van der Waals surface area contributed by atoms with Crippen molar-refractivity contribution in [3.8, 4) is 0 Å². The Morgan fingerprint density at radius 1 is 1.43 bits per heavy atom. The molecule has 0 saturated heterocycles. The molecule has 0 unspecified atom stereocenters. The highest BCUT2D eigenvalue weighted by molar-refractivity contribution is 14.1. The first-order valence-electron chi connectivity index (χ1n) is 2.11. The molecule has 0 atom stereocenters. The van der Waals surface area contributed by atoms with Crippen molar-refractivity contribution in [3.63, 3.8) is 0 Å². The molecule has 3 heteroatoms. The van der Waals surface area contributed by atoms with Crippen LogP contribution < -0.4 is 0 Å². The molecule has 0 aliphatic carbocycles. The molecule has 0 aromatic rings. The van der Waals surface area contributed by atoms with Crippen LogP contribution in [0.1, 0.15) is 0 Å². The van der Waals surface area contributed by atoms with E-state index in [1.54, 1.807) is 11.8 Å². The third-order valence-corrected chi connectivity index (χ3v) is 2.65. The monoisotopic (exact) mass is 234 g/mol. The first-order valence-corrected chi connectivity index (χ1v) is 4.79. The molecule has 0 fully saturated rings. The third-order valence-electron chi connectivity index (χ3n) is 0.443. The summed E-state index contributed by atoms with van der Waals surface area (Å²) >= 11 is 3.95. The van der Waals surface area contributed by atoms with E-state index in [4.69, 9.17) is 0 Å². The van der Waals surface area contributed by atoms with Crippen molar-refractivity contribution in [2.24, 2.45) is 0 Å². The maximum absolute atomic E-state index is 11.3. The second kappa shape index (κ2) is 7.01. The standard InChI is InChI=1S/C4H8FIS/c5-1-3-7-4-2-6/h1-4H2. The van der Waals surface area contributed by atoms with E-state index in [0.717, 1.165) is 10.2 Å². The predicted octanol–water partition coefficient (Wildman–Crippen LogP) is 2.12. The normalized spacial score (nSPS) is 9.43. The molecule has 0 amide bonds. The Hall–Kier alpha value is 1.01. The highest BCUT2D eigenvalue weighted by Crippen LogP contribution is 2.00. The lowest BCUT2D eigenvalue weighted by Crippen LogP contribution is -1.83. The van der Waals surface area contributed by atoms with Gasteiger partial charge in [-0.1, -0.05) is 22.6 Å². The van der Waals surface area contributed by atoms with Gasteiger partial charge >= 0.3 is 0 Å². The highest BCUT2D eigenvalue weighted by atomic mass is 127. The average Bonchev–Trinajstić information content (AvgIpc) is 1.69. The van der Waals surface area contributed by atoms with E-state index < -0.39 is 0 Å². The third kappa shape index (κ3) is 7.01. The molecule has 0 N–H and O–H groups in total. The van der Waals surface area contributed by atoms with Crippen LogP contribution in [0.2, 0.25) is 0 Å². The summed E-state index contributed by atoms with van der Waals surface area (Å²) in [7, 11) is 0. The molecule has 0 spiro atoms. The molecule has 0 aliphatic rings. The molecule has 0 heterocycles. The van der Waals surface area contributed by atoms with Gasteiger partial charge in [-0.3, -0.25) is 4.39 Å². The van der Waals surface area contributed by atoms with Crippen LogP contribution in [0, 0.1) is 0 Å². The summed E-state index contributed by atoms with van der Waals surface area (Å²) < 4.78 is 12.4. The largest absolute Gasteiger partial charge is 0.250 e. The number of rotatable bonds is 4. The number of halogens is 2. The Morgan fingerprint density at radius 2 is 2.14 bits per heavy atom. The van der Waals surface area contributed by atoms with Gasteiger partial charge in [0.2, 0.25) is 0 Å². The fourth-order valence-electron chi connectivity index (χ4n) is 0.211. The average molecular weight is 234 g/mol. The van der Waals surface area contributed by atoms with Gasteiger partial charge in [-0.2, -0.15) is 11.8 Å². The zero-order valence-electron chi connectivity index (χ0n) is 3.99. The van der Waals surface area contributed by atoms with Crippen molar-refractivity contribution in [2.75, 3.05) is 22.6 Å². The topological polar surface area (TPSA) is 0 Å². The zero-order chi connectivity index (χ0) is 5.54. The summed E-state index contributed by atoms with van der Waals surface area (Å²) in [5, 5.41) is 0. The Kier molecular flexibility index (Phi) is 8.02. The molecule has 0 aliphatic heterocycles. The SMILES string of the molecule is FCCSCCI. The molecule has 7 heavy (non-hydrogen) atoms. The predicted molar refractivity (Wildman–Crippen MR) is 42.2 cm³/mol. The summed E-state index contributed by atoms with van der Waals surface area (Å²) in [5.74, 6) is 1.76. The van der Waals surface area contributed by atoms with Gasteiger partial charge in [0.1, 0.15) is 0 Å². The molecular formula is C4H8FIS. The summed E-state index contributed by atoms with van der Waals surface area (Å²) in [4.78, 5) is 0. The van der Waals surface area contributed by atoms with Gasteiger partial charge in [-0.05, 0) is 0 Å². The number of thioether (sulfide) groups is 1. The quantitative estimate of drug-likeness (QED) is 0.408. The minimum Gasteiger partial charge on any atom is -0.250 e. The van der Waals surface area contributed by atoms with Gasteiger partial charge in [-0.25, -0.2) is 0 Å². The summed E-state index contributed by atoms with van der Waals surface area (Å²) in [6.45, 7) is -0.179. The van der Waals surface area contributed by atoms with E-state index >= 15 is 0 Å². The van der Waals surface area contributed by atoms with E-state index in [1.807, 2.05) is 0 Å². The first kappa shape index (κ1) is 8.01. The van der Waals surface area contributed by atoms with Crippen LogP contribution in [0.15, 0.2) is 0 Å². The Labute approximate surface area is 61.4 Å². The van der Waals surface area contributed by atoms with E-state index in [0.29, 0.717) is 5.75 Å². The summed E-state index contributed by atoms with van der Waals surface area (Å²) in [5.41, 5.74) is 0. The molecule has 0 nitrogen and oxygen atoms in total. The lowest BCUT2D eigenvalue weighted by Gasteiger charge is -1.88. The van der Waals surface area contributed by atoms with E-state index in [1.165, 1.54) is 0 Å². The number of hydrogen-bond acceptors (Lipinski definition) is 1. The molecule has 44 valence electrons. The van der Waals surface area contributed by atoms with Crippen LogP contribution in [0.3, 0.4) is 0 Å². The second-order valence-corrected chi connectivity index (χ2v) is 3.29. The van der Waals surface area contributed by atoms with Gasteiger partial charge in [0.25, 0.3) is 0 Å². The van der Waals surface area contributed by atoms with E-state index in [9.17, 15) is 4.39 Å². The van der Waals surface area contributed by atoms with E-state index in [-0.39, 0.29) is 6.67 Å². The van der Waals surface area contributed by atoms with Crippen LogP contribution in [-0.2, 0) is 0 Å². The summed E-state index contributed by atoms with van der Waals surface area (Å²) in [6.07, 6.45) is 0. The van der Waals surface area contributed by atoms with Crippen LogP contribution in [0.5, 0.6) is 0 Å². The van der Waals surface area contributed by atoms with Crippen LogP contribution in [0.25, 0.3) is 0 Å². The highest BCUT2D eigenvalue weighted by Gasteiger charge is 1.82. The van der Waals surface area contributed by atoms with Crippen molar-refractivity contribution in [2.45, 2.75) is 0 Å². The van der Waals surface area contributed by atoms with Gasteiger partial charge < -0.3 is 0 Å². The van der Waals surface area contributed by atoms with Crippen molar-refractivity contribution in [1.29, 1.82) is 0 Å². The molecule has 0 saturated carbocycles. The van der Waals surface area contributed by atoms with Gasteiger partial charge in [0, 0.05) is 15.9 Å². The van der Waals surface area contributed by atoms with Crippen molar-refractivity contribution < 1.29 is 4.39 Å². The van der Waals surface area contributed by atoms with Crippen molar-refractivity contribution in [3.05, 3.63) is 0 Å². The molecular weight excluding hydrogens is 226 g/mol. The minimum atomic E-state index is -0.179. The van der Waals surface area contributed by atoms with Crippen molar-refractivity contribution >= 4 is 34.4 Å². The lowest BCUT2D eigenvalue weighted by molar-refractivity contribution is 0.533. The lowest BCUT2D eigenvalue weighted by atomic mass is 10.9. The second-order valence-electron chi connectivity index (χ2n) is 0.990. The van der Waals surface area contributed by atoms with Crippen molar-refractivity contribution in [1.82, 2.24) is 0 Å². The van der Waals surface area contributed by atoms with Gasteiger partial charge in [0.15, 0.2) is 0 Å². The Bertz CT molecular complexity index is 30.9. The van der Waals surface area contributed by atoms with Crippen LogP contribution in [-0.4, -0.2) is 22.6 Å². The Morgan fingerprint density at radius 3 is 2.57 bits per heavy atom. The number of hydrogen-bond donors (Lipinski definition) is 0. The van der Waals surface area contributed by atoms with E-state index in [2.05, 4.69) is 22.6 Å². The summed E-state index contributed by atoms with van der Waals surface area (Å²) in [6, 6.07) is 0. The fourth-order valence-corrected chi connectivity index (χ4v) is 1.57.